The van der Waals surface area contributed by atoms with Crippen molar-refractivity contribution in [2.75, 3.05) is 26.8 Å². The predicted molar refractivity (Wildman–Crippen MR) is 121 cm³/mol. The van der Waals surface area contributed by atoms with E-state index in [-0.39, 0.29) is 29.5 Å². The smallest absolute Gasteiger partial charge is 0.410 e. The summed E-state index contributed by atoms with van der Waals surface area (Å²) in [6, 6.07) is 10.7. The summed E-state index contributed by atoms with van der Waals surface area (Å²) in [6.07, 6.45) is 2.31. The van der Waals surface area contributed by atoms with Crippen molar-refractivity contribution in [2.45, 2.75) is 77.5 Å². The zero-order valence-corrected chi connectivity index (χ0v) is 19.9. The number of rotatable bonds is 6. The van der Waals surface area contributed by atoms with Crippen LogP contribution in [0.25, 0.3) is 0 Å². The Kier molecular flexibility index (Phi) is 6.99. The van der Waals surface area contributed by atoms with E-state index in [0.29, 0.717) is 25.6 Å². The highest BCUT2D eigenvalue weighted by Gasteiger charge is 2.51. The molecule has 2 fully saturated rings. The number of benzene rings is 1. The molecule has 2 aliphatic rings. The van der Waals surface area contributed by atoms with Gasteiger partial charge in [-0.05, 0) is 52.5 Å². The normalized spacial score (nSPS) is 23.7. The van der Waals surface area contributed by atoms with Crippen LogP contribution in [0.2, 0.25) is 0 Å². The van der Waals surface area contributed by atoms with Crippen LogP contribution in [0.1, 0.15) is 65.4 Å². The van der Waals surface area contributed by atoms with E-state index in [0.717, 1.165) is 19.3 Å². The third-order valence-electron chi connectivity index (χ3n) is 6.85. The summed E-state index contributed by atoms with van der Waals surface area (Å²) in [5, 5.41) is 0. The summed E-state index contributed by atoms with van der Waals surface area (Å²) in [5.74, 6) is 0.509. The van der Waals surface area contributed by atoms with E-state index in [4.69, 9.17) is 9.47 Å². The minimum atomic E-state index is -0.505. The Morgan fingerprint density at radius 1 is 1.19 bits per heavy atom. The summed E-state index contributed by atoms with van der Waals surface area (Å²) in [5.41, 5.74) is 0.615. The van der Waals surface area contributed by atoms with Gasteiger partial charge in [-0.2, -0.15) is 0 Å². The fourth-order valence-corrected chi connectivity index (χ4v) is 5.07. The molecule has 1 aliphatic heterocycles. The largest absolute Gasteiger partial charge is 0.444 e. The van der Waals surface area contributed by atoms with Crippen LogP contribution in [0.5, 0.6) is 0 Å². The minimum absolute atomic E-state index is 0.0319. The van der Waals surface area contributed by atoms with E-state index in [9.17, 15) is 9.59 Å². The van der Waals surface area contributed by atoms with Crippen LogP contribution in [-0.4, -0.2) is 66.3 Å². The van der Waals surface area contributed by atoms with Gasteiger partial charge in [0.2, 0.25) is 5.91 Å². The molecule has 2 amide bonds. The monoisotopic (exact) mass is 430 g/mol. The number of carbonyl (C=O) groups is 2. The van der Waals surface area contributed by atoms with Crippen LogP contribution in [-0.2, 0) is 14.3 Å². The van der Waals surface area contributed by atoms with Crippen molar-refractivity contribution in [3.05, 3.63) is 35.9 Å². The molecule has 1 heterocycles. The summed E-state index contributed by atoms with van der Waals surface area (Å²) in [4.78, 5) is 29.2. The Labute approximate surface area is 186 Å². The van der Waals surface area contributed by atoms with Gasteiger partial charge in [-0.15, -0.1) is 0 Å². The first-order chi connectivity index (χ1) is 14.6. The summed E-state index contributed by atoms with van der Waals surface area (Å²) in [7, 11) is 1.72. The first-order valence-corrected chi connectivity index (χ1v) is 11.4. The number of amides is 2. The molecule has 3 atom stereocenters. The maximum atomic E-state index is 12.8. The lowest BCUT2D eigenvalue weighted by molar-refractivity contribution is -0.137. The lowest BCUT2D eigenvalue weighted by atomic mass is 9.72. The molecule has 1 saturated carbocycles. The van der Waals surface area contributed by atoms with Crippen molar-refractivity contribution in [1.29, 1.82) is 0 Å². The average molecular weight is 431 g/mol. The molecule has 0 N–H and O–H groups in total. The maximum Gasteiger partial charge on any atom is 0.410 e. The van der Waals surface area contributed by atoms with Crippen molar-refractivity contribution in [3.63, 3.8) is 0 Å². The van der Waals surface area contributed by atoms with E-state index in [1.165, 1.54) is 5.56 Å². The molecule has 6 nitrogen and oxygen atoms in total. The van der Waals surface area contributed by atoms with Gasteiger partial charge in [0.05, 0.1) is 6.61 Å². The second kappa shape index (κ2) is 9.19. The van der Waals surface area contributed by atoms with E-state index in [1.807, 2.05) is 26.8 Å². The fourth-order valence-electron chi connectivity index (χ4n) is 5.07. The zero-order valence-electron chi connectivity index (χ0n) is 19.9. The van der Waals surface area contributed by atoms with Crippen molar-refractivity contribution < 1.29 is 19.1 Å². The minimum Gasteiger partial charge on any atom is -0.444 e. The van der Waals surface area contributed by atoms with E-state index >= 15 is 0 Å². The predicted octanol–water partition coefficient (Wildman–Crippen LogP) is 4.44. The number of hydrogen-bond acceptors (Lipinski definition) is 4. The molecule has 0 bridgehead atoms. The van der Waals surface area contributed by atoms with Gasteiger partial charge < -0.3 is 19.3 Å². The lowest BCUT2D eigenvalue weighted by Gasteiger charge is -2.48. The Bertz CT molecular complexity index is 765. The standard InChI is InChI=1S/C25H38N2O4/c1-18(27(19(2)28)22-16-21(22)20-10-8-7-9-11-20)25(17-30-6)12-14-26(15-13-25)23(29)31-24(3,4)5/h7-11,18,21-22H,12-17H2,1-6H3/t18?,21-,22+/m0/s1. The molecule has 0 radical (unpaired) electrons. The molecular weight excluding hydrogens is 392 g/mol. The highest BCUT2D eigenvalue weighted by molar-refractivity contribution is 5.75. The molecule has 3 rings (SSSR count). The molecule has 1 aromatic rings. The van der Waals surface area contributed by atoms with Crippen LogP contribution in [0.3, 0.4) is 0 Å². The van der Waals surface area contributed by atoms with Gasteiger partial charge in [0.25, 0.3) is 0 Å². The molecule has 1 saturated heterocycles. The Balaban J connectivity index is 1.72. The number of hydrogen-bond donors (Lipinski definition) is 0. The molecule has 1 unspecified atom stereocenters. The molecular formula is C25H38N2O4. The topological polar surface area (TPSA) is 59.1 Å². The maximum absolute atomic E-state index is 12.8. The van der Waals surface area contributed by atoms with Crippen molar-refractivity contribution >= 4 is 12.0 Å². The van der Waals surface area contributed by atoms with Gasteiger partial charge in [-0.25, -0.2) is 4.79 Å². The average Bonchev–Trinajstić information content (AvgIpc) is 3.48. The van der Waals surface area contributed by atoms with Crippen LogP contribution in [0, 0.1) is 5.41 Å². The quantitative estimate of drug-likeness (QED) is 0.669. The molecule has 0 aromatic heterocycles. The first kappa shape index (κ1) is 23.6. The van der Waals surface area contributed by atoms with Gasteiger partial charge in [0, 0.05) is 50.5 Å². The third-order valence-corrected chi connectivity index (χ3v) is 6.85. The van der Waals surface area contributed by atoms with Gasteiger partial charge in [0.15, 0.2) is 0 Å². The number of piperidine rings is 1. The number of carbonyl (C=O) groups excluding carboxylic acids is 2. The molecule has 31 heavy (non-hydrogen) atoms. The Morgan fingerprint density at radius 2 is 1.81 bits per heavy atom. The Morgan fingerprint density at radius 3 is 2.32 bits per heavy atom. The van der Waals surface area contributed by atoms with Gasteiger partial charge in [-0.1, -0.05) is 30.3 Å². The number of nitrogens with zero attached hydrogens (tertiary/aromatic N) is 2. The highest BCUT2D eigenvalue weighted by Crippen LogP contribution is 2.49. The molecule has 172 valence electrons. The molecule has 1 aromatic carbocycles. The van der Waals surface area contributed by atoms with E-state index in [2.05, 4.69) is 36.1 Å². The second-order valence-electron chi connectivity index (χ2n) is 10.2. The SMILES string of the molecule is COCC1(C(C)N(C(C)=O)[C@@H]2C[C@H]2c2ccccc2)CCN(C(=O)OC(C)(C)C)CC1. The zero-order chi connectivity index (χ0) is 22.8. The third kappa shape index (κ3) is 5.40. The summed E-state index contributed by atoms with van der Waals surface area (Å²) < 4.78 is 11.2. The van der Waals surface area contributed by atoms with Gasteiger partial charge in [0.1, 0.15) is 5.60 Å². The van der Waals surface area contributed by atoms with Gasteiger partial charge >= 0.3 is 6.09 Å². The Hall–Kier alpha value is -2.08. The van der Waals surface area contributed by atoms with Crippen molar-refractivity contribution in [3.8, 4) is 0 Å². The first-order valence-electron chi connectivity index (χ1n) is 11.4. The fraction of sp³-hybridized carbons (Fsp3) is 0.680. The van der Waals surface area contributed by atoms with Crippen LogP contribution >= 0.6 is 0 Å². The molecule has 1 aliphatic carbocycles. The van der Waals surface area contributed by atoms with Crippen LogP contribution in [0.15, 0.2) is 30.3 Å². The highest BCUT2D eigenvalue weighted by atomic mass is 16.6. The summed E-state index contributed by atoms with van der Waals surface area (Å²) in [6.45, 7) is 11.3. The van der Waals surface area contributed by atoms with Crippen molar-refractivity contribution in [2.24, 2.45) is 5.41 Å². The number of methoxy groups -OCH3 is 1. The van der Waals surface area contributed by atoms with Crippen LogP contribution < -0.4 is 0 Å². The number of likely N-dealkylation sites (tertiary alicyclic amines) is 1. The van der Waals surface area contributed by atoms with Crippen molar-refractivity contribution in [1.82, 2.24) is 9.80 Å². The van der Waals surface area contributed by atoms with Gasteiger partial charge in [-0.3, -0.25) is 4.79 Å². The van der Waals surface area contributed by atoms with E-state index < -0.39 is 5.60 Å². The number of ether oxygens (including phenoxy) is 2. The summed E-state index contributed by atoms with van der Waals surface area (Å²) >= 11 is 0. The lowest BCUT2D eigenvalue weighted by Crippen LogP contribution is -2.56. The molecule has 6 heteroatoms. The van der Waals surface area contributed by atoms with Crippen LogP contribution in [0.4, 0.5) is 4.79 Å². The molecule has 0 spiro atoms. The second-order valence-corrected chi connectivity index (χ2v) is 10.2. The van der Waals surface area contributed by atoms with E-state index in [1.54, 1.807) is 18.9 Å².